The maximum Gasteiger partial charge on any atom is 0.126 e. The molecule has 0 aliphatic heterocycles. The number of carbonyl (C=O) groups excluding carboxylic acids is 1. The third-order valence-corrected chi connectivity index (χ3v) is 0.940. The van der Waals surface area contributed by atoms with E-state index in [9.17, 15) is 4.79 Å². The largest absolute Gasteiger partial charge is 0.412 e. The molecule has 2 nitrogen and oxygen atoms in total. The Labute approximate surface area is 73.5 Å². The van der Waals surface area contributed by atoms with Gasteiger partial charge in [-0.1, -0.05) is 35.9 Å². The van der Waals surface area contributed by atoms with Crippen LogP contribution in [0.1, 0.15) is 19.4 Å². The van der Waals surface area contributed by atoms with Gasteiger partial charge in [0, 0.05) is 0 Å². The molecule has 0 aliphatic rings. The monoisotopic (exact) mass is 168 g/mol. The summed E-state index contributed by atoms with van der Waals surface area (Å²) in [5.41, 5.74) is 1.32. The van der Waals surface area contributed by atoms with E-state index >= 15 is 0 Å². The lowest BCUT2D eigenvalue weighted by atomic mass is 10.2. The standard InChI is InChI=1S/C7H8.C3H6O.H2O/c1-7-5-3-2-4-6-7;1-3(2)4;/h2-6H,1H3;1-2H3;1H2. The first-order chi connectivity index (χ1) is 5.13. The number of ketones is 1. The van der Waals surface area contributed by atoms with Gasteiger partial charge in [-0.25, -0.2) is 0 Å². The van der Waals surface area contributed by atoms with Gasteiger partial charge in [0.2, 0.25) is 0 Å². The van der Waals surface area contributed by atoms with Gasteiger partial charge in [0.1, 0.15) is 5.78 Å². The number of aryl methyl sites for hydroxylation is 1. The molecule has 0 atom stereocenters. The van der Waals surface area contributed by atoms with Crippen LogP contribution in [-0.4, -0.2) is 11.3 Å². The highest BCUT2D eigenvalue weighted by Gasteiger charge is 1.72. The summed E-state index contributed by atoms with van der Waals surface area (Å²) in [5, 5.41) is 0. The fourth-order valence-corrected chi connectivity index (χ4v) is 0.534. The van der Waals surface area contributed by atoms with E-state index in [4.69, 9.17) is 0 Å². The Balaban J connectivity index is 0. The first-order valence-corrected chi connectivity index (χ1v) is 3.61. The van der Waals surface area contributed by atoms with Gasteiger partial charge in [-0.2, -0.15) is 0 Å². The predicted octanol–water partition coefficient (Wildman–Crippen LogP) is 1.77. The van der Waals surface area contributed by atoms with Crippen molar-refractivity contribution in [1.29, 1.82) is 0 Å². The summed E-state index contributed by atoms with van der Waals surface area (Å²) >= 11 is 0. The molecule has 0 amide bonds. The van der Waals surface area contributed by atoms with Crippen molar-refractivity contribution in [3.05, 3.63) is 35.9 Å². The second-order valence-electron chi connectivity index (χ2n) is 2.56. The highest BCUT2D eigenvalue weighted by atomic mass is 16.1. The zero-order chi connectivity index (χ0) is 8.69. The Morgan fingerprint density at radius 2 is 1.42 bits per heavy atom. The molecule has 0 unspecified atom stereocenters. The van der Waals surface area contributed by atoms with E-state index in [1.165, 1.54) is 19.4 Å². The van der Waals surface area contributed by atoms with E-state index in [0.717, 1.165) is 0 Å². The third kappa shape index (κ3) is 11.6. The molecule has 2 N–H and O–H groups in total. The first-order valence-electron chi connectivity index (χ1n) is 3.61. The van der Waals surface area contributed by atoms with E-state index in [0.29, 0.717) is 0 Å². The van der Waals surface area contributed by atoms with Crippen LogP contribution in [0.3, 0.4) is 0 Å². The van der Waals surface area contributed by atoms with Gasteiger partial charge in [-0.15, -0.1) is 0 Å². The van der Waals surface area contributed by atoms with Gasteiger partial charge in [-0.3, -0.25) is 0 Å². The molecule has 0 radical (unpaired) electrons. The van der Waals surface area contributed by atoms with Crippen LogP contribution in [0.2, 0.25) is 0 Å². The average Bonchev–Trinajstić information content (AvgIpc) is 1.87. The van der Waals surface area contributed by atoms with Crippen molar-refractivity contribution in [2.45, 2.75) is 20.8 Å². The molecule has 0 spiro atoms. The lowest BCUT2D eigenvalue weighted by Crippen LogP contribution is -1.69. The van der Waals surface area contributed by atoms with E-state index in [1.807, 2.05) is 18.2 Å². The zero-order valence-electron chi connectivity index (χ0n) is 7.79. The maximum atomic E-state index is 9.44. The fraction of sp³-hybridized carbons (Fsp3) is 0.300. The summed E-state index contributed by atoms with van der Waals surface area (Å²) in [6, 6.07) is 10.3. The third-order valence-electron chi connectivity index (χ3n) is 0.940. The molecule has 0 saturated carbocycles. The van der Waals surface area contributed by atoms with Crippen LogP contribution < -0.4 is 0 Å². The zero-order valence-corrected chi connectivity index (χ0v) is 7.79. The summed E-state index contributed by atoms with van der Waals surface area (Å²) in [5.74, 6) is 0.167. The van der Waals surface area contributed by atoms with Crippen LogP contribution >= 0.6 is 0 Å². The highest BCUT2D eigenvalue weighted by molar-refractivity contribution is 5.72. The summed E-state index contributed by atoms with van der Waals surface area (Å²) in [6.45, 7) is 5.14. The van der Waals surface area contributed by atoms with E-state index in [-0.39, 0.29) is 11.3 Å². The summed E-state index contributed by atoms with van der Waals surface area (Å²) in [6.07, 6.45) is 0. The van der Waals surface area contributed by atoms with Crippen molar-refractivity contribution in [3.8, 4) is 0 Å². The van der Waals surface area contributed by atoms with Gasteiger partial charge >= 0.3 is 0 Å². The molecule has 0 aliphatic carbocycles. The van der Waals surface area contributed by atoms with Gasteiger partial charge in [0.15, 0.2) is 0 Å². The van der Waals surface area contributed by atoms with Crippen LogP contribution in [0, 0.1) is 6.92 Å². The van der Waals surface area contributed by atoms with E-state index < -0.39 is 0 Å². The van der Waals surface area contributed by atoms with Gasteiger partial charge in [0.05, 0.1) is 0 Å². The van der Waals surface area contributed by atoms with E-state index in [2.05, 4.69) is 19.1 Å². The van der Waals surface area contributed by atoms with Crippen LogP contribution in [0.5, 0.6) is 0 Å². The summed E-state index contributed by atoms with van der Waals surface area (Å²) < 4.78 is 0. The lowest BCUT2D eigenvalue weighted by Gasteiger charge is -1.82. The molecular formula is C10H16O2. The molecule has 0 saturated heterocycles. The Kier molecular flexibility index (Phi) is 8.91. The van der Waals surface area contributed by atoms with Crippen LogP contribution in [-0.2, 0) is 4.79 Å². The van der Waals surface area contributed by atoms with Crippen LogP contribution in [0.25, 0.3) is 0 Å². The molecule has 0 bridgehead atoms. The smallest absolute Gasteiger partial charge is 0.126 e. The minimum Gasteiger partial charge on any atom is -0.412 e. The first kappa shape index (κ1) is 13.4. The molecule has 1 rings (SSSR count). The number of hydrogen-bond donors (Lipinski definition) is 0. The van der Waals surface area contributed by atoms with E-state index in [1.54, 1.807) is 0 Å². The molecule has 1 aromatic rings. The SMILES string of the molecule is CC(C)=O.Cc1ccccc1.O. The summed E-state index contributed by atoms with van der Waals surface area (Å²) in [4.78, 5) is 9.44. The quantitative estimate of drug-likeness (QED) is 0.582. The Bertz CT molecular complexity index is 200. The lowest BCUT2D eigenvalue weighted by molar-refractivity contribution is -0.114. The molecule has 2 heteroatoms. The second-order valence-corrected chi connectivity index (χ2v) is 2.56. The Morgan fingerprint density at radius 1 is 1.08 bits per heavy atom. The normalized spacial score (nSPS) is 7.25. The van der Waals surface area contributed by atoms with Gasteiger partial charge in [-0.05, 0) is 20.8 Å². The van der Waals surface area contributed by atoms with Crippen molar-refractivity contribution in [2.75, 3.05) is 0 Å². The molecule has 68 valence electrons. The molecule has 1 aromatic carbocycles. The number of rotatable bonds is 0. The number of benzene rings is 1. The van der Waals surface area contributed by atoms with Crippen molar-refractivity contribution >= 4 is 5.78 Å². The molecule has 0 heterocycles. The number of hydrogen-bond acceptors (Lipinski definition) is 1. The van der Waals surface area contributed by atoms with Crippen molar-refractivity contribution in [3.63, 3.8) is 0 Å². The molecule has 0 fully saturated rings. The number of carbonyl (C=O) groups is 1. The molecular weight excluding hydrogens is 152 g/mol. The predicted molar refractivity (Wildman–Crippen MR) is 51.1 cm³/mol. The van der Waals surface area contributed by atoms with Crippen molar-refractivity contribution in [2.24, 2.45) is 0 Å². The van der Waals surface area contributed by atoms with Gasteiger partial charge < -0.3 is 10.3 Å². The van der Waals surface area contributed by atoms with Crippen LogP contribution in [0.15, 0.2) is 30.3 Å². The molecule has 12 heavy (non-hydrogen) atoms. The minimum absolute atomic E-state index is 0. The van der Waals surface area contributed by atoms with Crippen molar-refractivity contribution < 1.29 is 10.3 Å². The Morgan fingerprint density at radius 3 is 1.58 bits per heavy atom. The second kappa shape index (κ2) is 7.95. The average molecular weight is 168 g/mol. The Hall–Kier alpha value is -1.15. The highest BCUT2D eigenvalue weighted by Crippen LogP contribution is 1.92. The van der Waals surface area contributed by atoms with Crippen molar-refractivity contribution in [1.82, 2.24) is 0 Å². The number of Topliss-reactive ketones (excluding diaryl/α,β-unsaturated/α-hetero) is 1. The fourth-order valence-electron chi connectivity index (χ4n) is 0.534. The maximum absolute atomic E-state index is 9.44. The summed E-state index contributed by atoms with van der Waals surface area (Å²) in [7, 11) is 0. The van der Waals surface area contributed by atoms with Gasteiger partial charge in [0.25, 0.3) is 0 Å². The molecule has 0 aromatic heterocycles. The minimum atomic E-state index is 0. The van der Waals surface area contributed by atoms with Crippen LogP contribution in [0.4, 0.5) is 0 Å². The topological polar surface area (TPSA) is 48.6 Å².